The predicted octanol–water partition coefficient (Wildman–Crippen LogP) is 2.59. The van der Waals surface area contributed by atoms with Crippen LogP contribution in [0.4, 0.5) is 0 Å². The molecule has 1 aliphatic heterocycles. The third-order valence-corrected chi connectivity index (χ3v) is 4.44. The number of halogens is 1. The molecule has 1 atom stereocenters. The average Bonchev–Trinajstić information content (AvgIpc) is 2.48. The fourth-order valence-corrected chi connectivity index (χ4v) is 3.43. The highest BCUT2D eigenvalue weighted by Crippen LogP contribution is 2.28. The number of fused-ring (bicyclic) bond motifs is 2. The second-order valence-electron chi connectivity index (χ2n) is 3.98. The highest BCUT2D eigenvalue weighted by molar-refractivity contribution is 8.01. The van der Waals surface area contributed by atoms with Crippen LogP contribution in [-0.2, 0) is 17.2 Å². The molecule has 1 unspecified atom stereocenters. The molecule has 1 aliphatic rings. The van der Waals surface area contributed by atoms with E-state index in [1.54, 1.807) is 36.5 Å². The Bertz CT molecular complexity index is 684. The maximum atomic E-state index is 12.2. The third kappa shape index (κ3) is 1.78. The second-order valence-corrected chi connectivity index (χ2v) is 5.77. The lowest BCUT2D eigenvalue weighted by atomic mass is 10.1. The molecule has 0 fully saturated rings. The molecule has 2 aromatic rings. The minimum atomic E-state index is -1.71. The van der Waals surface area contributed by atoms with E-state index in [1.807, 2.05) is 0 Å². The summed E-state index contributed by atoms with van der Waals surface area (Å²) in [6.45, 7) is 0. The Kier molecular flexibility index (Phi) is 2.76. The maximum Gasteiger partial charge on any atom is 0.255 e. The van der Waals surface area contributed by atoms with Gasteiger partial charge in [0.25, 0.3) is 5.12 Å². The van der Waals surface area contributed by atoms with Gasteiger partial charge in [-0.2, -0.15) is 0 Å². The van der Waals surface area contributed by atoms with E-state index in [2.05, 4.69) is 4.98 Å². The normalized spacial score (nSPS) is 17.8. The topological polar surface area (TPSA) is 47.0 Å². The molecule has 1 aromatic heterocycles. The van der Waals surface area contributed by atoms with Gasteiger partial charge in [0, 0.05) is 17.6 Å². The Labute approximate surface area is 111 Å². The zero-order chi connectivity index (χ0) is 12.7. The summed E-state index contributed by atoms with van der Waals surface area (Å²) in [6.07, 6.45) is 2.14. The van der Waals surface area contributed by atoms with Crippen LogP contribution in [-0.4, -0.2) is 14.3 Å². The number of rotatable bonds is 0. The fourth-order valence-electron chi connectivity index (χ4n) is 1.99. The lowest BCUT2D eigenvalue weighted by Crippen LogP contribution is -2.08. The molecule has 1 aromatic carbocycles. The number of nitrogens with zero attached hydrogens (tertiary/aromatic N) is 1. The molecular formula is C13H8ClNO2S. The van der Waals surface area contributed by atoms with Crippen molar-refractivity contribution >= 4 is 27.5 Å². The van der Waals surface area contributed by atoms with E-state index < -0.39 is 15.9 Å². The van der Waals surface area contributed by atoms with Gasteiger partial charge in [-0.1, -0.05) is 17.7 Å². The van der Waals surface area contributed by atoms with Crippen LogP contribution in [0.1, 0.15) is 21.6 Å². The highest BCUT2D eigenvalue weighted by atomic mass is 35.5. The standard InChI is InChI=1S/C13H8ClNO2S/c14-9-4-3-8-6-11-10(2-1-5-15-11)13(16)18(17)12(8)7-9/h1-5,7H,6H2. The van der Waals surface area contributed by atoms with Crippen molar-refractivity contribution in [2.24, 2.45) is 0 Å². The molecule has 0 amide bonds. The van der Waals surface area contributed by atoms with Crippen LogP contribution in [0.15, 0.2) is 41.4 Å². The van der Waals surface area contributed by atoms with Crippen LogP contribution in [0.25, 0.3) is 0 Å². The van der Waals surface area contributed by atoms with Crippen molar-refractivity contribution in [3.8, 4) is 0 Å². The van der Waals surface area contributed by atoms with Gasteiger partial charge in [0.05, 0.1) is 16.2 Å². The summed E-state index contributed by atoms with van der Waals surface area (Å²) in [4.78, 5) is 16.8. The zero-order valence-electron chi connectivity index (χ0n) is 9.22. The summed E-state index contributed by atoms with van der Waals surface area (Å²) in [5.74, 6) is 0. The Hall–Kier alpha value is -1.52. The summed E-state index contributed by atoms with van der Waals surface area (Å²) in [7, 11) is -1.71. The summed E-state index contributed by atoms with van der Waals surface area (Å²) >= 11 is 5.89. The fraction of sp³-hybridized carbons (Fsp3) is 0.0769. The second kappa shape index (κ2) is 4.30. The first-order valence-corrected chi connectivity index (χ1v) is 6.88. The predicted molar refractivity (Wildman–Crippen MR) is 69.2 cm³/mol. The number of pyridine rings is 1. The van der Waals surface area contributed by atoms with E-state index >= 15 is 0 Å². The Morgan fingerprint density at radius 3 is 2.94 bits per heavy atom. The van der Waals surface area contributed by atoms with Gasteiger partial charge in [-0.3, -0.25) is 9.78 Å². The van der Waals surface area contributed by atoms with E-state index in [4.69, 9.17) is 11.6 Å². The number of carbonyl (C=O) groups is 1. The van der Waals surface area contributed by atoms with Gasteiger partial charge in [-0.05, 0) is 29.8 Å². The first-order chi connectivity index (χ1) is 8.66. The van der Waals surface area contributed by atoms with Crippen LogP contribution in [0, 0.1) is 0 Å². The Balaban J connectivity index is 2.27. The molecule has 5 heteroatoms. The first kappa shape index (κ1) is 11.6. The van der Waals surface area contributed by atoms with Gasteiger partial charge >= 0.3 is 0 Å². The van der Waals surface area contributed by atoms with Crippen LogP contribution in [0.3, 0.4) is 0 Å². The summed E-state index contributed by atoms with van der Waals surface area (Å²) < 4.78 is 12.2. The largest absolute Gasteiger partial charge is 0.278 e. The van der Waals surface area contributed by atoms with Gasteiger partial charge in [0.1, 0.15) is 10.8 Å². The molecular weight excluding hydrogens is 270 g/mol. The quantitative estimate of drug-likeness (QED) is 0.744. The SMILES string of the molecule is O=C1c2cccnc2Cc2ccc(Cl)cc2S1=O. The van der Waals surface area contributed by atoms with E-state index in [1.165, 1.54) is 0 Å². The number of hydrogen-bond donors (Lipinski definition) is 0. The van der Waals surface area contributed by atoms with Crippen molar-refractivity contribution in [1.82, 2.24) is 4.98 Å². The van der Waals surface area contributed by atoms with Crippen LogP contribution in [0.2, 0.25) is 5.02 Å². The smallest absolute Gasteiger partial charge is 0.255 e. The minimum absolute atomic E-state index is 0.404. The van der Waals surface area contributed by atoms with Crippen LogP contribution in [0.5, 0.6) is 0 Å². The molecule has 0 spiro atoms. The third-order valence-electron chi connectivity index (χ3n) is 2.87. The number of carbonyl (C=O) groups excluding carboxylic acids is 1. The van der Waals surface area contributed by atoms with E-state index in [0.717, 1.165) is 5.56 Å². The molecule has 18 heavy (non-hydrogen) atoms. The summed E-state index contributed by atoms with van der Waals surface area (Å²) in [6, 6.07) is 8.46. The molecule has 0 aliphatic carbocycles. The average molecular weight is 278 g/mol. The van der Waals surface area contributed by atoms with Gasteiger partial charge in [0.15, 0.2) is 0 Å². The monoisotopic (exact) mass is 277 g/mol. The van der Waals surface area contributed by atoms with E-state index in [9.17, 15) is 9.00 Å². The number of aromatic nitrogens is 1. The number of hydrogen-bond acceptors (Lipinski definition) is 3. The van der Waals surface area contributed by atoms with Gasteiger partial charge in [-0.25, -0.2) is 4.21 Å². The van der Waals surface area contributed by atoms with E-state index in [0.29, 0.717) is 27.6 Å². The van der Waals surface area contributed by atoms with E-state index in [-0.39, 0.29) is 0 Å². The molecule has 0 saturated heterocycles. The Morgan fingerprint density at radius 2 is 2.11 bits per heavy atom. The van der Waals surface area contributed by atoms with Gasteiger partial charge in [-0.15, -0.1) is 0 Å². The molecule has 2 heterocycles. The van der Waals surface area contributed by atoms with Gasteiger partial charge < -0.3 is 0 Å². The van der Waals surface area contributed by atoms with Crippen molar-refractivity contribution in [3.05, 3.63) is 58.4 Å². The molecule has 0 N–H and O–H groups in total. The highest BCUT2D eigenvalue weighted by Gasteiger charge is 2.27. The molecule has 3 nitrogen and oxygen atoms in total. The lowest BCUT2D eigenvalue weighted by molar-refractivity contribution is 0.108. The molecule has 3 rings (SSSR count). The minimum Gasteiger partial charge on any atom is -0.278 e. The summed E-state index contributed by atoms with van der Waals surface area (Å²) in [5.41, 5.74) is 1.93. The van der Waals surface area contributed by atoms with Crippen LogP contribution < -0.4 is 0 Å². The summed E-state index contributed by atoms with van der Waals surface area (Å²) in [5, 5.41) is 0.0768. The van der Waals surface area contributed by atoms with Crippen molar-refractivity contribution in [2.75, 3.05) is 0 Å². The van der Waals surface area contributed by atoms with Crippen molar-refractivity contribution in [1.29, 1.82) is 0 Å². The molecule has 0 bridgehead atoms. The molecule has 0 saturated carbocycles. The Morgan fingerprint density at radius 1 is 1.28 bits per heavy atom. The van der Waals surface area contributed by atoms with Crippen molar-refractivity contribution in [3.63, 3.8) is 0 Å². The first-order valence-electron chi connectivity index (χ1n) is 5.35. The van der Waals surface area contributed by atoms with Gasteiger partial charge in [0.2, 0.25) is 0 Å². The number of benzene rings is 1. The zero-order valence-corrected chi connectivity index (χ0v) is 10.8. The van der Waals surface area contributed by atoms with Crippen LogP contribution >= 0.6 is 11.6 Å². The lowest BCUT2D eigenvalue weighted by Gasteiger charge is -2.03. The molecule has 90 valence electrons. The van der Waals surface area contributed by atoms with Crippen molar-refractivity contribution in [2.45, 2.75) is 11.3 Å². The van der Waals surface area contributed by atoms with Crippen molar-refractivity contribution < 1.29 is 9.00 Å². The maximum absolute atomic E-state index is 12.2. The molecule has 0 radical (unpaired) electrons.